The maximum Gasteiger partial charge on any atom is 0.261 e. The van der Waals surface area contributed by atoms with Gasteiger partial charge in [-0.15, -0.1) is 11.3 Å². The SMILES string of the molecule is Cc1cc(C)n(CCNC(=O)c2ccc(C3CCCN3C(C)C)s2)n1. The normalized spacial score (nSPS) is 18.2. The molecule has 25 heavy (non-hydrogen) atoms. The summed E-state index contributed by atoms with van der Waals surface area (Å²) in [6.45, 7) is 11.0. The van der Waals surface area contributed by atoms with Crippen LogP contribution >= 0.6 is 11.3 Å². The van der Waals surface area contributed by atoms with Crippen LogP contribution in [0.15, 0.2) is 18.2 Å². The molecule has 3 heterocycles. The van der Waals surface area contributed by atoms with Crippen molar-refractivity contribution in [3.8, 4) is 0 Å². The van der Waals surface area contributed by atoms with Crippen LogP contribution in [0, 0.1) is 13.8 Å². The average Bonchev–Trinajstić information content (AvgIpc) is 3.26. The Balaban J connectivity index is 1.56. The molecule has 0 saturated carbocycles. The Morgan fingerprint density at radius 2 is 2.20 bits per heavy atom. The summed E-state index contributed by atoms with van der Waals surface area (Å²) < 4.78 is 1.94. The van der Waals surface area contributed by atoms with Crippen molar-refractivity contribution in [2.45, 2.75) is 59.2 Å². The first-order valence-corrected chi connectivity index (χ1v) is 9.92. The lowest BCUT2D eigenvalue weighted by Gasteiger charge is -2.27. The van der Waals surface area contributed by atoms with Gasteiger partial charge in [0.05, 0.1) is 17.1 Å². The lowest BCUT2D eigenvalue weighted by Crippen LogP contribution is -2.29. The predicted octanol–water partition coefficient (Wildman–Crippen LogP) is 3.54. The van der Waals surface area contributed by atoms with Gasteiger partial charge in [0.15, 0.2) is 0 Å². The van der Waals surface area contributed by atoms with Gasteiger partial charge in [0.2, 0.25) is 0 Å². The van der Waals surface area contributed by atoms with E-state index in [9.17, 15) is 4.79 Å². The smallest absolute Gasteiger partial charge is 0.261 e. The van der Waals surface area contributed by atoms with Crippen LogP contribution in [-0.2, 0) is 6.54 Å². The van der Waals surface area contributed by atoms with Crippen molar-refractivity contribution in [1.29, 1.82) is 0 Å². The fraction of sp³-hybridized carbons (Fsp3) is 0.579. The van der Waals surface area contributed by atoms with Crippen molar-refractivity contribution in [3.05, 3.63) is 39.3 Å². The fourth-order valence-electron chi connectivity index (χ4n) is 3.63. The van der Waals surface area contributed by atoms with E-state index in [1.807, 2.05) is 24.6 Å². The molecule has 6 heteroatoms. The zero-order valence-corrected chi connectivity index (χ0v) is 16.4. The highest BCUT2D eigenvalue weighted by Gasteiger charge is 2.29. The van der Waals surface area contributed by atoms with E-state index in [2.05, 4.69) is 41.3 Å². The number of likely N-dealkylation sites (tertiary alicyclic amines) is 1. The summed E-state index contributed by atoms with van der Waals surface area (Å²) in [6.07, 6.45) is 2.43. The van der Waals surface area contributed by atoms with E-state index in [0.717, 1.165) is 22.8 Å². The molecule has 0 bridgehead atoms. The number of aromatic nitrogens is 2. The van der Waals surface area contributed by atoms with Crippen LogP contribution < -0.4 is 5.32 Å². The second-order valence-electron chi connectivity index (χ2n) is 7.10. The molecule has 136 valence electrons. The molecule has 1 saturated heterocycles. The molecule has 2 aromatic rings. The molecule has 5 nitrogen and oxygen atoms in total. The second-order valence-corrected chi connectivity index (χ2v) is 8.21. The lowest BCUT2D eigenvalue weighted by molar-refractivity contribution is 0.0956. The average molecular weight is 361 g/mol. The number of hydrogen-bond donors (Lipinski definition) is 1. The van der Waals surface area contributed by atoms with Crippen molar-refractivity contribution in [1.82, 2.24) is 20.0 Å². The molecule has 0 radical (unpaired) electrons. The zero-order chi connectivity index (χ0) is 18.0. The number of nitrogens with zero attached hydrogens (tertiary/aromatic N) is 3. The van der Waals surface area contributed by atoms with E-state index in [-0.39, 0.29) is 5.91 Å². The van der Waals surface area contributed by atoms with Gasteiger partial charge in [-0.3, -0.25) is 14.4 Å². The molecule has 0 spiro atoms. The number of rotatable bonds is 6. The van der Waals surface area contributed by atoms with Gasteiger partial charge >= 0.3 is 0 Å². The van der Waals surface area contributed by atoms with Crippen LogP contribution in [0.5, 0.6) is 0 Å². The van der Waals surface area contributed by atoms with Crippen LogP contribution in [-0.4, -0.2) is 39.7 Å². The van der Waals surface area contributed by atoms with Crippen LogP contribution in [0.3, 0.4) is 0 Å². The number of hydrogen-bond acceptors (Lipinski definition) is 4. The molecule has 1 aliphatic heterocycles. The van der Waals surface area contributed by atoms with Gasteiger partial charge in [0.25, 0.3) is 5.91 Å². The minimum atomic E-state index is 0.0203. The first-order chi connectivity index (χ1) is 12.0. The maximum atomic E-state index is 12.4. The summed E-state index contributed by atoms with van der Waals surface area (Å²) in [6, 6.07) is 7.17. The zero-order valence-electron chi connectivity index (χ0n) is 15.6. The van der Waals surface area contributed by atoms with E-state index < -0.39 is 0 Å². The summed E-state index contributed by atoms with van der Waals surface area (Å²) in [5.74, 6) is 0.0203. The Morgan fingerprint density at radius 3 is 2.88 bits per heavy atom. The molecule has 1 aliphatic rings. The highest BCUT2D eigenvalue weighted by atomic mass is 32.1. The lowest BCUT2D eigenvalue weighted by atomic mass is 10.1. The molecular weight excluding hydrogens is 332 g/mol. The molecule has 1 atom stereocenters. The molecule has 1 unspecified atom stereocenters. The minimum absolute atomic E-state index is 0.0203. The summed E-state index contributed by atoms with van der Waals surface area (Å²) in [4.78, 5) is 17.1. The predicted molar refractivity (Wildman–Crippen MR) is 102 cm³/mol. The summed E-state index contributed by atoms with van der Waals surface area (Å²) in [5.41, 5.74) is 2.14. The van der Waals surface area contributed by atoms with E-state index >= 15 is 0 Å². The van der Waals surface area contributed by atoms with E-state index in [1.54, 1.807) is 11.3 Å². The molecule has 0 aliphatic carbocycles. The Hall–Kier alpha value is -1.66. The third-order valence-electron chi connectivity index (χ3n) is 4.85. The number of aryl methyl sites for hydroxylation is 2. The van der Waals surface area contributed by atoms with Crippen LogP contribution in [0.2, 0.25) is 0 Å². The topological polar surface area (TPSA) is 50.2 Å². The molecule has 1 N–H and O–H groups in total. The Labute approximate surface area is 154 Å². The molecular formula is C19H28N4OS. The molecule has 3 rings (SSSR count). The van der Waals surface area contributed by atoms with Crippen LogP contribution in [0.4, 0.5) is 0 Å². The number of carbonyl (C=O) groups is 1. The van der Waals surface area contributed by atoms with Crippen molar-refractivity contribution >= 4 is 17.2 Å². The van der Waals surface area contributed by atoms with Gasteiger partial charge in [-0.25, -0.2) is 0 Å². The van der Waals surface area contributed by atoms with Crippen molar-refractivity contribution in [2.24, 2.45) is 0 Å². The van der Waals surface area contributed by atoms with Crippen molar-refractivity contribution in [2.75, 3.05) is 13.1 Å². The highest BCUT2D eigenvalue weighted by molar-refractivity contribution is 7.14. The summed E-state index contributed by atoms with van der Waals surface area (Å²) in [5, 5.41) is 7.44. The highest BCUT2D eigenvalue weighted by Crippen LogP contribution is 2.37. The van der Waals surface area contributed by atoms with Gasteiger partial charge in [0.1, 0.15) is 0 Å². The quantitative estimate of drug-likeness (QED) is 0.857. The first-order valence-electron chi connectivity index (χ1n) is 9.10. The number of nitrogens with one attached hydrogen (secondary N) is 1. The second kappa shape index (κ2) is 7.70. The first kappa shape index (κ1) is 18.1. The van der Waals surface area contributed by atoms with Gasteiger partial charge in [-0.2, -0.15) is 5.10 Å². The summed E-state index contributed by atoms with van der Waals surface area (Å²) in [7, 11) is 0. The number of amides is 1. The maximum absolute atomic E-state index is 12.4. The molecule has 1 fully saturated rings. The van der Waals surface area contributed by atoms with Crippen LogP contribution in [0.1, 0.15) is 58.7 Å². The van der Waals surface area contributed by atoms with Crippen LogP contribution in [0.25, 0.3) is 0 Å². The van der Waals surface area contributed by atoms with Crippen molar-refractivity contribution in [3.63, 3.8) is 0 Å². The summed E-state index contributed by atoms with van der Waals surface area (Å²) >= 11 is 1.64. The largest absolute Gasteiger partial charge is 0.349 e. The Morgan fingerprint density at radius 1 is 1.40 bits per heavy atom. The Bertz CT molecular complexity index is 734. The standard InChI is InChI=1S/C19H28N4OS/c1-13(2)22-10-5-6-16(22)17-7-8-18(25-17)19(24)20-9-11-23-15(4)12-14(3)21-23/h7-8,12-13,16H,5-6,9-11H2,1-4H3,(H,20,24). The fourth-order valence-corrected chi connectivity index (χ4v) is 4.71. The molecule has 2 aromatic heterocycles. The monoisotopic (exact) mass is 360 g/mol. The number of thiophene rings is 1. The van der Waals surface area contributed by atoms with Gasteiger partial charge in [0, 0.05) is 29.2 Å². The van der Waals surface area contributed by atoms with Crippen molar-refractivity contribution < 1.29 is 4.79 Å². The minimum Gasteiger partial charge on any atom is -0.349 e. The molecule has 0 aromatic carbocycles. The Kier molecular flexibility index (Phi) is 5.59. The van der Waals surface area contributed by atoms with Gasteiger partial charge < -0.3 is 5.32 Å². The van der Waals surface area contributed by atoms with E-state index in [1.165, 1.54) is 17.7 Å². The molecule has 1 amide bonds. The third-order valence-corrected chi connectivity index (χ3v) is 6.03. The number of carbonyl (C=O) groups excluding carboxylic acids is 1. The van der Waals surface area contributed by atoms with Gasteiger partial charge in [-0.1, -0.05) is 0 Å². The van der Waals surface area contributed by atoms with E-state index in [0.29, 0.717) is 25.2 Å². The van der Waals surface area contributed by atoms with Gasteiger partial charge in [-0.05, 0) is 65.3 Å². The third kappa shape index (κ3) is 4.12. The van der Waals surface area contributed by atoms with E-state index in [4.69, 9.17) is 0 Å².